The molecule has 2 heteroatoms. The van der Waals surface area contributed by atoms with Gasteiger partial charge in [-0.15, -0.1) is 0 Å². The first-order valence-electron chi connectivity index (χ1n) is 7.24. The Morgan fingerprint density at radius 1 is 1.33 bits per heavy atom. The summed E-state index contributed by atoms with van der Waals surface area (Å²) in [5.74, 6) is 0. The minimum absolute atomic E-state index is 0.527. The van der Waals surface area contributed by atoms with E-state index in [0.29, 0.717) is 12.1 Å². The molecule has 0 saturated carbocycles. The standard InChI is InChI=1S/C16H26N2/c1-4-16-12-18(11-5-10-17-16)14(3)15-8-6-13(2)7-9-15/h6-9,14,16-17H,4-5,10-12H2,1-3H3. The Kier molecular flexibility index (Phi) is 4.79. The Labute approximate surface area is 111 Å². The van der Waals surface area contributed by atoms with Crippen LogP contribution in [0.1, 0.15) is 43.9 Å². The van der Waals surface area contributed by atoms with Crippen LogP contribution in [0.3, 0.4) is 0 Å². The second-order valence-corrected chi connectivity index (χ2v) is 5.49. The van der Waals surface area contributed by atoms with Crippen molar-refractivity contribution in [2.75, 3.05) is 19.6 Å². The number of rotatable bonds is 3. The van der Waals surface area contributed by atoms with Crippen LogP contribution in [0, 0.1) is 6.92 Å². The van der Waals surface area contributed by atoms with E-state index in [1.54, 1.807) is 0 Å². The van der Waals surface area contributed by atoms with Crippen LogP contribution in [-0.4, -0.2) is 30.6 Å². The average molecular weight is 246 g/mol. The Morgan fingerprint density at radius 2 is 2.06 bits per heavy atom. The van der Waals surface area contributed by atoms with Gasteiger partial charge in [0, 0.05) is 25.2 Å². The first kappa shape index (κ1) is 13.6. The molecular formula is C16H26N2. The highest BCUT2D eigenvalue weighted by Crippen LogP contribution is 2.22. The molecule has 1 N–H and O–H groups in total. The third-order valence-corrected chi connectivity index (χ3v) is 4.11. The minimum atomic E-state index is 0.527. The summed E-state index contributed by atoms with van der Waals surface area (Å²) in [6, 6.07) is 10.2. The molecule has 2 nitrogen and oxygen atoms in total. The summed E-state index contributed by atoms with van der Waals surface area (Å²) < 4.78 is 0. The summed E-state index contributed by atoms with van der Waals surface area (Å²) in [5, 5.41) is 3.64. The van der Waals surface area contributed by atoms with Crippen molar-refractivity contribution in [1.29, 1.82) is 0 Å². The zero-order valence-corrected chi connectivity index (χ0v) is 11.9. The predicted molar refractivity (Wildman–Crippen MR) is 77.9 cm³/mol. The highest BCUT2D eigenvalue weighted by atomic mass is 15.2. The fourth-order valence-corrected chi connectivity index (χ4v) is 2.71. The summed E-state index contributed by atoms with van der Waals surface area (Å²) in [5.41, 5.74) is 2.78. The van der Waals surface area contributed by atoms with E-state index in [-0.39, 0.29) is 0 Å². The van der Waals surface area contributed by atoms with Crippen LogP contribution < -0.4 is 5.32 Å². The topological polar surface area (TPSA) is 15.3 Å². The molecule has 0 spiro atoms. The van der Waals surface area contributed by atoms with Gasteiger partial charge in [0.15, 0.2) is 0 Å². The van der Waals surface area contributed by atoms with E-state index in [0.717, 1.165) is 6.54 Å². The Bertz CT molecular complexity index is 358. The van der Waals surface area contributed by atoms with Crippen LogP contribution in [0.25, 0.3) is 0 Å². The lowest BCUT2D eigenvalue weighted by Crippen LogP contribution is -2.38. The second kappa shape index (κ2) is 6.35. The average Bonchev–Trinajstić information content (AvgIpc) is 2.64. The fraction of sp³-hybridized carbons (Fsp3) is 0.625. The van der Waals surface area contributed by atoms with E-state index in [1.165, 1.54) is 37.1 Å². The molecule has 2 atom stereocenters. The number of nitrogens with zero attached hydrogens (tertiary/aromatic N) is 1. The molecule has 18 heavy (non-hydrogen) atoms. The van der Waals surface area contributed by atoms with Gasteiger partial charge in [-0.05, 0) is 38.8 Å². The molecule has 1 fully saturated rings. The number of benzene rings is 1. The van der Waals surface area contributed by atoms with Crippen molar-refractivity contribution in [1.82, 2.24) is 10.2 Å². The Hall–Kier alpha value is -0.860. The third-order valence-electron chi connectivity index (χ3n) is 4.11. The van der Waals surface area contributed by atoms with Crippen LogP contribution in [0.2, 0.25) is 0 Å². The second-order valence-electron chi connectivity index (χ2n) is 5.49. The van der Waals surface area contributed by atoms with Crippen LogP contribution in [0.4, 0.5) is 0 Å². The Balaban J connectivity index is 2.06. The molecular weight excluding hydrogens is 220 g/mol. The SMILES string of the molecule is CCC1CN(C(C)c2ccc(C)cc2)CCCN1. The van der Waals surface area contributed by atoms with Crippen molar-refractivity contribution in [2.24, 2.45) is 0 Å². The van der Waals surface area contributed by atoms with Crippen molar-refractivity contribution in [2.45, 2.75) is 45.7 Å². The molecule has 0 radical (unpaired) electrons. The molecule has 1 aromatic carbocycles. The van der Waals surface area contributed by atoms with Gasteiger partial charge >= 0.3 is 0 Å². The molecule has 0 aliphatic carbocycles. The van der Waals surface area contributed by atoms with Crippen molar-refractivity contribution in [3.05, 3.63) is 35.4 Å². The molecule has 1 aromatic rings. The van der Waals surface area contributed by atoms with Crippen molar-refractivity contribution >= 4 is 0 Å². The number of aryl methyl sites for hydroxylation is 1. The molecule has 0 amide bonds. The normalized spacial score (nSPS) is 23.6. The first-order chi connectivity index (χ1) is 8.70. The maximum Gasteiger partial charge on any atom is 0.0320 e. The number of nitrogens with one attached hydrogen (secondary N) is 1. The molecule has 1 saturated heterocycles. The van der Waals surface area contributed by atoms with E-state index in [4.69, 9.17) is 0 Å². The van der Waals surface area contributed by atoms with Gasteiger partial charge in [-0.3, -0.25) is 4.90 Å². The summed E-state index contributed by atoms with van der Waals surface area (Å²) >= 11 is 0. The van der Waals surface area contributed by atoms with Crippen molar-refractivity contribution < 1.29 is 0 Å². The maximum absolute atomic E-state index is 3.64. The monoisotopic (exact) mass is 246 g/mol. The quantitative estimate of drug-likeness (QED) is 0.881. The van der Waals surface area contributed by atoms with E-state index >= 15 is 0 Å². The van der Waals surface area contributed by atoms with Gasteiger partial charge in [-0.2, -0.15) is 0 Å². The maximum atomic E-state index is 3.64. The highest BCUT2D eigenvalue weighted by Gasteiger charge is 2.21. The van der Waals surface area contributed by atoms with Gasteiger partial charge < -0.3 is 5.32 Å². The number of hydrogen-bond acceptors (Lipinski definition) is 2. The summed E-state index contributed by atoms with van der Waals surface area (Å²) in [4.78, 5) is 2.62. The molecule has 2 unspecified atom stereocenters. The Morgan fingerprint density at radius 3 is 2.72 bits per heavy atom. The largest absolute Gasteiger partial charge is 0.313 e. The van der Waals surface area contributed by atoms with Gasteiger partial charge in [-0.1, -0.05) is 36.8 Å². The summed E-state index contributed by atoms with van der Waals surface area (Å²) in [6.45, 7) is 10.3. The van der Waals surface area contributed by atoms with Gasteiger partial charge in [0.25, 0.3) is 0 Å². The van der Waals surface area contributed by atoms with Gasteiger partial charge in [0.1, 0.15) is 0 Å². The first-order valence-corrected chi connectivity index (χ1v) is 7.24. The molecule has 1 aliphatic rings. The molecule has 2 rings (SSSR count). The molecule has 100 valence electrons. The van der Waals surface area contributed by atoms with Crippen LogP contribution in [0.15, 0.2) is 24.3 Å². The molecule has 1 aliphatic heterocycles. The lowest BCUT2D eigenvalue weighted by Gasteiger charge is -2.30. The molecule has 0 aromatic heterocycles. The summed E-state index contributed by atoms with van der Waals surface area (Å²) in [6.07, 6.45) is 2.48. The van der Waals surface area contributed by atoms with E-state index in [2.05, 4.69) is 55.3 Å². The van der Waals surface area contributed by atoms with Crippen LogP contribution in [0.5, 0.6) is 0 Å². The summed E-state index contributed by atoms with van der Waals surface area (Å²) in [7, 11) is 0. The molecule has 1 heterocycles. The van der Waals surface area contributed by atoms with Gasteiger partial charge in [0.2, 0.25) is 0 Å². The number of hydrogen-bond donors (Lipinski definition) is 1. The minimum Gasteiger partial charge on any atom is -0.313 e. The molecule has 0 bridgehead atoms. The lowest BCUT2D eigenvalue weighted by molar-refractivity contribution is 0.205. The fourth-order valence-electron chi connectivity index (χ4n) is 2.71. The van der Waals surface area contributed by atoms with Crippen LogP contribution >= 0.6 is 0 Å². The zero-order chi connectivity index (χ0) is 13.0. The van der Waals surface area contributed by atoms with E-state index in [1.807, 2.05) is 0 Å². The van der Waals surface area contributed by atoms with Crippen molar-refractivity contribution in [3.8, 4) is 0 Å². The van der Waals surface area contributed by atoms with Gasteiger partial charge in [0.05, 0.1) is 0 Å². The third kappa shape index (κ3) is 3.33. The highest BCUT2D eigenvalue weighted by molar-refractivity contribution is 5.23. The zero-order valence-electron chi connectivity index (χ0n) is 11.9. The van der Waals surface area contributed by atoms with E-state index in [9.17, 15) is 0 Å². The predicted octanol–water partition coefficient (Wildman–Crippen LogP) is 3.13. The lowest BCUT2D eigenvalue weighted by atomic mass is 10.0. The van der Waals surface area contributed by atoms with E-state index < -0.39 is 0 Å². The van der Waals surface area contributed by atoms with Crippen molar-refractivity contribution in [3.63, 3.8) is 0 Å². The van der Waals surface area contributed by atoms with Gasteiger partial charge in [-0.25, -0.2) is 0 Å². The smallest absolute Gasteiger partial charge is 0.0320 e. The van der Waals surface area contributed by atoms with Crippen LogP contribution in [-0.2, 0) is 0 Å².